The minimum atomic E-state index is -4.33. The summed E-state index contributed by atoms with van der Waals surface area (Å²) in [6.07, 6.45) is 0. The van der Waals surface area contributed by atoms with Crippen LogP contribution in [0.4, 0.5) is 8.78 Å². The van der Waals surface area contributed by atoms with Gasteiger partial charge in [-0.05, 0) is 30.7 Å². The normalized spacial score (nSPS) is 11.2. The maximum absolute atomic E-state index is 13.6. The summed E-state index contributed by atoms with van der Waals surface area (Å²) in [5.41, 5.74) is 0.324. The molecule has 0 N–H and O–H groups in total. The van der Waals surface area contributed by atoms with Crippen molar-refractivity contribution in [2.24, 2.45) is 0 Å². The van der Waals surface area contributed by atoms with Crippen LogP contribution in [0.3, 0.4) is 0 Å². The van der Waals surface area contributed by atoms with E-state index in [2.05, 4.69) is 0 Å². The van der Waals surface area contributed by atoms with Crippen molar-refractivity contribution in [2.75, 3.05) is 14.2 Å². The first-order chi connectivity index (χ1) is 10.8. The molecule has 2 aromatic carbocycles. The number of hydrogen-bond donors (Lipinski definition) is 0. The molecule has 0 spiro atoms. The SMILES string of the molecule is COc1cc(C)c(S(=O)(=O)Oc2ccc(F)cc2F)cc1OC. The molecule has 124 valence electrons. The van der Waals surface area contributed by atoms with Crippen molar-refractivity contribution in [2.45, 2.75) is 11.8 Å². The molecule has 0 aliphatic rings. The lowest BCUT2D eigenvalue weighted by Crippen LogP contribution is -2.12. The van der Waals surface area contributed by atoms with Gasteiger partial charge >= 0.3 is 10.1 Å². The Hall–Kier alpha value is -2.35. The molecule has 2 rings (SSSR count). The maximum Gasteiger partial charge on any atom is 0.339 e. The summed E-state index contributed by atoms with van der Waals surface area (Å²) in [5, 5.41) is 0. The predicted octanol–water partition coefficient (Wildman–Crippen LogP) is 3.06. The van der Waals surface area contributed by atoms with E-state index in [1.54, 1.807) is 0 Å². The summed E-state index contributed by atoms with van der Waals surface area (Å²) < 4.78 is 66.0. The van der Waals surface area contributed by atoms with Gasteiger partial charge in [0.25, 0.3) is 0 Å². The number of methoxy groups -OCH3 is 2. The Morgan fingerprint density at radius 3 is 2.09 bits per heavy atom. The number of rotatable bonds is 5. The Bertz CT molecular complexity index is 834. The van der Waals surface area contributed by atoms with Crippen LogP contribution in [0, 0.1) is 18.6 Å². The first kappa shape index (κ1) is 17.0. The molecule has 0 radical (unpaired) electrons. The fourth-order valence-electron chi connectivity index (χ4n) is 1.94. The van der Waals surface area contributed by atoms with Crippen molar-refractivity contribution in [1.82, 2.24) is 0 Å². The van der Waals surface area contributed by atoms with E-state index in [-0.39, 0.29) is 10.6 Å². The van der Waals surface area contributed by atoms with Gasteiger partial charge in [0.1, 0.15) is 10.7 Å². The van der Waals surface area contributed by atoms with Crippen molar-refractivity contribution >= 4 is 10.1 Å². The van der Waals surface area contributed by atoms with E-state index in [4.69, 9.17) is 13.7 Å². The van der Waals surface area contributed by atoms with Crippen molar-refractivity contribution in [3.63, 3.8) is 0 Å². The molecule has 0 aromatic heterocycles. The third kappa shape index (κ3) is 3.53. The van der Waals surface area contributed by atoms with Gasteiger partial charge in [0.15, 0.2) is 23.1 Å². The van der Waals surface area contributed by atoms with Crippen molar-refractivity contribution in [1.29, 1.82) is 0 Å². The minimum absolute atomic E-state index is 0.180. The van der Waals surface area contributed by atoms with E-state index in [0.717, 1.165) is 12.1 Å². The van der Waals surface area contributed by atoms with E-state index in [9.17, 15) is 17.2 Å². The maximum atomic E-state index is 13.6. The highest BCUT2D eigenvalue weighted by Crippen LogP contribution is 2.33. The van der Waals surface area contributed by atoms with Crippen molar-refractivity contribution in [3.8, 4) is 17.2 Å². The molecule has 0 atom stereocenters. The number of aryl methyl sites for hydroxylation is 1. The highest BCUT2D eigenvalue weighted by atomic mass is 32.2. The second-order valence-electron chi connectivity index (χ2n) is 4.58. The molecular weight excluding hydrogens is 330 g/mol. The molecule has 0 amide bonds. The highest BCUT2D eigenvalue weighted by molar-refractivity contribution is 7.87. The average molecular weight is 344 g/mol. The molecule has 8 heteroatoms. The smallest absolute Gasteiger partial charge is 0.339 e. The van der Waals surface area contributed by atoms with Gasteiger partial charge in [-0.2, -0.15) is 8.42 Å². The lowest BCUT2D eigenvalue weighted by molar-refractivity contribution is 0.353. The molecule has 0 aliphatic carbocycles. The Morgan fingerprint density at radius 2 is 1.52 bits per heavy atom. The van der Waals surface area contributed by atoms with Crippen LogP contribution in [0.1, 0.15) is 5.56 Å². The van der Waals surface area contributed by atoms with Crippen LogP contribution >= 0.6 is 0 Å². The molecular formula is C15H14F2O5S. The lowest BCUT2D eigenvalue weighted by atomic mass is 10.2. The number of benzene rings is 2. The quantitative estimate of drug-likeness (QED) is 0.780. The molecule has 0 fully saturated rings. The zero-order valence-corrected chi connectivity index (χ0v) is 13.4. The number of hydrogen-bond acceptors (Lipinski definition) is 5. The van der Waals surface area contributed by atoms with E-state index >= 15 is 0 Å². The average Bonchev–Trinajstić information content (AvgIpc) is 2.49. The summed E-state index contributed by atoms with van der Waals surface area (Å²) in [7, 11) is -1.57. The van der Waals surface area contributed by atoms with Gasteiger partial charge in [0, 0.05) is 12.1 Å². The van der Waals surface area contributed by atoms with Gasteiger partial charge in [0.05, 0.1) is 14.2 Å². The van der Waals surface area contributed by atoms with Crippen LogP contribution in [-0.4, -0.2) is 22.6 Å². The standard InChI is InChI=1S/C15H14F2O5S/c1-9-6-13(20-2)14(21-3)8-15(9)23(18,19)22-12-5-4-10(16)7-11(12)17/h4-8H,1-3H3. The monoisotopic (exact) mass is 344 g/mol. The lowest BCUT2D eigenvalue weighted by Gasteiger charge is -2.13. The molecule has 2 aromatic rings. The van der Waals surface area contributed by atoms with Gasteiger partial charge in [0.2, 0.25) is 0 Å². The largest absolute Gasteiger partial charge is 0.493 e. The number of halogens is 2. The third-order valence-electron chi connectivity index (χ3n) is 3.04. The Balaban J connectivity index is 2.47. The van der Waals surface area contributed by atoms with Gasteiger partial charge in [-0.3, -0.25) is 0 Å². The second-order valence-corrected chi connectivity index (χ2v) is 6.10. The molecule has 0 unspecified atom stereocenters. The van der Waals surface area contributed by atoms with Gasteiger partial charge in [-0.15, -0.1) is 0 Å². The van der Waals surface area contributed by atoms with Crippen LogP contribution in [0.2, 0.25) is 0 Å². The van der Waals surface area contributed by atoms with Gasteiger partial charge in [-0.25, -0.2) is 8.78 Å². The highest BCUT2D eigenvalue weighted by Gasteiger charge is 2.24. The summed E-state index contributed by atoms with van der Waals surface area (Å²) in [6, 6.07) is 5.00. The van der Waals surface area contributed by atoms with E-state index in [1.165, 1.54) is 33.3 Å². The van der Waals surface area contributed by atoms with Gasteiger partial charge < -0.3 is 13.7 Å². The number of ether oxygens (including phenoxy) is 2. The van der Waals surface area contributed by atoms with Crippen LogP contribution in [-0.2, 0) is 10.1 Å². The summed E-state index contributed by atoms with van der Waals surface area (Å²) in [5.74, 6) is -2.03. The topological polar surface area (TPSA) is 61.8 Å². The fraction of sp³-hybridized carbons (Fsp3) is 0.200. The Morgan fingerprint density at radius 1 is 0.913 bits per heavy atom. The first-order valence-corrected chi connectivity index (χ1v) is 7.81. The van der Waals surface area contributed by atoms with Crippen LogP contribution in [0.15, 0.2) is 35.2 Å². The van der Waals surface area contributed by atoms with E-state index in [0.29, 0.717) is 17.4 Å². The zero-order chi connectivity index (χ0) is 17.2. The second kappa shape index (κ2) is 6.41. The van der Waals surface area contributed by atoms with E-state index in [1.807, 2.05) is 0 Å². The van der Waals surface area contributed by atoms with Gasteiger partial charge in [-0.1, -0.05) is 0 Å². The molecule has 0 aliphatic heterocycles. The van der Waals surface area contributed by atoms with Crippen molar-refractivity contribution < 1.29 is 30.9 Å². The predicted molar refractivity (Wildman–Crippen MR) is 78.5 cm³/mol. The Labute approximate surface area is 132 Å². The van der Waals surface area contributed by atoms with Crippen LogP contribution in [0.25, 0.3) is 0 Å². The molecule has 0 heterocycles. The molecule has 0 bridgehead atoms. The fourth-order valence-corrected chi connectivity index (χ4v) is 3.10. The molecule has 0 saturated carbocycles. The summed E-state index contributed by atoms with van der Waals surface area (Å²) in [6.45, 7) is 1.53. The first-order valence-electron chi connectivity index (χ1n) is 6.40. The van der Waals surface area contributed by atoms with E-state index < -0.39 is 27.5 Å². The third-order valence-corrected chi connectivity index (χ3v) is 4.42. The Kier molecular flexibility index (Phi) is 4.74. The summed E-state index contributed by atoms with van der Waals surface area (Å²) in [4.78, 5) is -0.209. The minimum Gasteiger partial charge on any atom is -0.493 e. The molecule has 5 nitrogen and oxygen atoms in total. The molecule has 0 saturated heterocycles. The molecule has 23 heavy (non-hydrogen) atoms. The summed E-state index contributed by atoms with van der Waals surface area (Å²) >= 11 is 0. The van der Waals surface area contributed by atoms with Crippen LogP contribution < -0.4 is 13.7 Å². The zero-order valence-electron chi connectivity index (χ0n) is 12.6. The van der Waals surface area contributed by atoms with Crippen molar-refractivity contribution in [3.05, 3.63) is 47.5 Å². The van der Waals surface area contributed by atoms with Crippen LogP contribution in [0.5, 0.6) is 17.2 Å².